The zero-order valence-electron chi connectivity index (χ0n) is 11.6. The minimum Gasteiger partial charge on any atom is -0.478 e. The molecule has 0 aliphatic carbocycles. The van der Waals surface area contributed by atoms with Crippen LogP contribution < -0.4 is 4.90 Å². The Morgan fingerprint density at radius 3 is 2.80 bits per heavy atom. The maximum absolute atomic E-state index is 13.3. The Kier molecular flexibility index (Phi) is 3.38. The van der Waals surface area contributed by atoms with E-state index in [9.17, 15) is 14.3 Å². The number of benzene rings is 1. The van der Waals surface area contributed by atoms with Crippen molar-refractivity contribution in [2.24, 2.45) is 0 Å². The molecule has 2 unspecified atom stereocenters. The van der Waals surface area contributed by atoms with E-state index >= 15 is 0 Å². The molecule has 2 fully saturated rings. The van der Waals surface area contributed by atoms with Gasteiger partial charge in [0.2, 0.25) is 0 Å². The molecule has 0 spiro atoms. The molecular formula is C15H19FN2O2. The van der Waals surface area contributed by atoms with Crippen molar-refractivity contribution in [2.45, 2.75) is 31.3 Å². The first-order chi connectivity index (χ1) is 9.56. The lowest BCUT2D eigenvalue weighted by molar-refractivity contribution is 0.0697. The highest BCUT2D eigenvalue weighted by molar-refractivity contribution is 5.94. The fraction of sp³-hybridized carbons (Fsp3) is 0.533. The molecule has 2 saturated heterocycles. The third kappa shape index (κ3) is 2.26. The molecule has 2 bridgehead atoms. The first kappa shape index (κ1) is 13.4. The van der Waals surface area contributed by atoms with E-state index in [0.717, 1.165) is 32.0 Å². The molecule has 0 amide bonds. The molecule has 5 heteroatoms. The maximum atomic E-state index is 13.3. The highest BCUT2D eigenvalue weighted by Gasteiger charge is 2.35. The lowest BCUT2D eigenvalue weighted by Gasteiger charge is -2.28. The number of carboxylic acid groups (broad SMARTS) is 1. The van der Waals surface area contributed by atoms with Crippen LogP contribution in [0.25, 0.3) is 0 Å². The maximum Gasteiger partial charge on any atom is 0.337 e. The Balaban J connectivity index is 1.91. The molecule has 0 radical (unpaired) electrons. The van der Waals surface area contributed by atoms with Crippen molar-refractivity contribution in [1.29, 1.82) is 0 Å². The molecule has 2 aliphatic rings. The minimum atomic E-state index is -1.07. The first-order valence-corrected chi connectivity index (χ1v) is 7.06. The summed E-state index contributed by atoms with van der Waals surface area (Å²) in [7, 11) is 2.15. The van der Waals surface area contributed by atoms with Crippen molar-refractivity contribution in [1.82, 2.24) is 4.90 Å². The van der Waals surface area contributed by atoms with E-state index in [1.165, 1.54) is 12.5 Å². The van der Waals surface area contributed by atoms with Gasteiger partial charge in [0.1, 0.15) is 5.82 Å². The summed E-state index contributed by atoms with van der Waals surface area (Å²) in [6.07, 6.45) is 3.41. The number of rotatable bonds is 2. The summed E-state index contributed by atoms with van der Waals surface area (Å²) in [4.78, 5) is 15.8. The SMILES string of the molecule is CN1C2CCC1CN(c1ccc(F)cc1C(=O)O)CC2. The van der Waals surface area contributed by atoms with Crippen LogP contribution in [-0.2, 0) is 0 Å². The lowest BCUT2D eigenvalue weighted by atomic mass is 10.1. The van der Waals surface area contributed by atoms with Crippen molar-refractivity contribution >= 4 is 11.7 Å². The summed E-state index contributed by atoms with van der Waals surface area (Å²) in [6.45, 7) is 1.65. The van der Waals surface area contributed by atoms with E-state index in [0.29, 0.717) is 17.8 Å². The van der Waals surface area contributed by atoms with E-state index in [1.807, 2.05) is 0 Å². The number of likely N-dealkylation sites (N-methyl/N-ethyl adjacent to an activating group) is 1. The zero-order chi connectivity index (χ0) is 14.3. The van der Waals surface area contributed by atoms with E-state index in [2.05, 4.69) is 16.8 Å². The van der Waals surface area contributed by atoms with Crippen LogP contribution in [0.3, 0.4) is 0 Å². The van der Waals surface area contributed by atoms with Gasteiger partial charge in [-0.15, -0.1) is 0 Å². The molecule has 0 saturated carbocycles. The standard InChI is InChI=1S/C15H19FN2O2/c1-17-11-3-4-12(17)9-18(7-6-11)14-5-2-10(16)8-13(14)15(19)20/h2,5,8,11-12H,3-4,6-7,9H2,1H3,(H,19,20). The molecule has 2 atom stereocenters. The molecular weight excluding hydrogens is 259 g/mol. The van der Waals surface area contributed by atoms with Gasteiger partial charge in [0.05, 0.1) is 11.3 Å². The van der Waals surface area contributed by atoms with E-state index in [1.54, 1.807) is 6.07 Å². The van der Waals surface area contributed by atoms with E-state index in [-0.39, 0.29) is 5.56 Å². The molecule has 0 aromatic heterocycles. The van der Waals surface area contributed by atoms with Gasteiger partial charge >= 0.3 is 5.97 Å². The number of hydrogen-bond acceptors (Lipinski definition) is 3. The second kappa shape index (κ2) is 5.05. The molecule has 20 heavy (non-hydrogen) atoms. The number of nitrogens with zero attached hydrogens (tertiary/aromatic N) is 2. The summed E-state index contributed by atoms with van der Waals surface area (Å²) < 4.78 is 13.3. The fourth-order valence-electron chi connectivity index (χ4n) is 3.48. The third-order valence-electron chi connectivity index (χ3n) is 4.68. The van der Waals surface area contributed by atoms with Gasteiger partial charge in [-0.25, -0.2) is 9.18 Å². The Morgan fingerprint density at radius 1 is 1.30 bits per heavy atom. The van der Waals surface area contributed by atoms with Crippen LogP contribution in [0.5, 0.6) is 0 Å². The summed E-state index contributed by atoms with van der Waals surface area (Å²) in [5, 5.41) is 9.27. The summed E-state index contributed by atoms with van der Waals surface area (Å²) >= 11 is 0. The van der Waals surface area contributed by atoms with Crippen LogP contribution in [-0.4, -0.2) is 48.2 Å². The van der Waals surface area contributed by atoms with Gasteiger partial charge in [-0.3, -0.25) is 4.90 Å². The van der Waals surface area contributed by atoms with Crippen LogP contribution in [0.4, 0.5) is 10.1 Å². The summed E-state index contributed by atoms with van der Waals surface area (Å²) in [5.41, 5.74) is 0.699. The second-order valence-corrected chi connectivity index (χ2v) is 5.75. The zero-order valence-corrected chi connectivity index (χ0v) is 11.6. The van der Waals surface area contributed by atoms with Crippen molar-refractivity contribution in [2.75, 3.05) is 25.0 Å². The largest absolute Gasteiger partial charge is 0.478 e. The average Bonchev–Trinajstić information content (AvgIpc) is 2.64. The van der Waals surface area contributed by atoms with Crippen LogP contribution in [0, 0.1) is 5.82 Å². The Labute approximate surface area is 117 Å². The average molecular weight is 278 g/mol. The number of aromatic carboxylic acids is 1. The number of halogens is 1. The normalized spacial score (nSPS) is 26.6. The van der Waals surface area contributed by atoms with E-state index in [4.69, 9.17) is 0 Å². The molecule has 108 valence electrons. The fourth-order valence-corrected chi connectivity index (χ4v) is 3.48. The van der Waals surface area contributed by atoms with E-state index < -0.39 is 11.8 Å². The molecule has 4 nitrogen and oxygen atoms in total. The topological polar surface area (TPSA) is 43.8 Å². The molecule has 2 aliphatic heterocycles. The number of hydrogen-bond donors (Lipinski definition) is 1. The number of carboxylic acids is 1. The number of fused-ring (bicyclic) bond motifs is 2. The van der Waals surface area contributed by atoms with Crippen molar-refractivity contribution in [3.8, 4) is 0 Å². The van der Waals surface area contributed by atoms with Crippen molar-refractivity contribution in [3.05, 3.63) is 29.6 Å². The van der Waals surface area contributed by atoms with Crippen molar-refractivity contribution < 1.29 is 14.3 Å². The lowest BCUT2D eigenvalue weighted by Crippen LogP contribution is -2.37. The van der Waals surface area contributed by atoms with Crippen LogP contribution in [0.1, 0.15) is 29.6 Å². The van der Waals surface area contributed by atoms with Gasteiger partial charge in [-0.2, -0.15) is 0 Å². The van der Waals surface area contributed by atoms with Gasteiger partial charge in [0.25, 0.3) is 0 Å². The quantitative estimate of drug-likeness (QED) is 0.900. The molecule has 1 aromatic carbocycles. The van der Waals surface area contributed by atoms with Crippen LogP contribution in [0.2, 0.25) is 0 Å². The predicted molar refractivity (Wildman–Crippen MR) is 74.8 cm³/mol. The monoisotopic (exact) mass is 278 g/mol. The van der Waals surface area contributed by atoms with Crippen molar-refractivity contribution in [3.63, 3.8) is 0 Å². The highest BCUT2D eigenvalue weighted by Crippen LogP contribution is 2.32. The van der Waals surface area contributed by atoms with Gasteiger partial charge in [-0.05, 0) is 44.5 Å². The summed E-state index contributed by atoms with van der Waals surface area (Å²) in [5.74, 6) is -1.57. The van der Waals surface area contributed by atoms with Crippen LogP contribution in [0.15, 0.2) is 18.2 Å². The molecule has 1 aromatic rings. The first-order valence-electron chi connectivity index (χ1n) is 7.06. The minimum absolute atomic E-state index is 0.0606. The molecule has 3 rings (SSSR count). The summed E-state index contributed by atoms with van der Waals surface area (Å²) in [6, 6.07) is 5.12. The smallest absolute Gasteiger partial charge is 0.337 e. The molecule has 2 heterocycles. The second-order valence-electron chi connectivity index (χ2n) is 5.75. The number of carbonyl (C=O) groups is 1. The Morgan fingerprint density at radius 2 is 2.05 bits per heavy atom. The van der Waals surface area contributed by atoms with Gasteiger partial charge in [0.15, 0.2) is 0 Å². The third-order valence-corrected chi connectivity index (χ3v) is 4.68. The van der Waals surface area contributed by atoms with Gasteiger partial charge < -0.3 is 10.0 Å². The number of anilines is 1. The Bertz CT molecular complexity index is 535. The van der Waals surface area contributed by atoms with Crippen LogP contribution >= 0.6 is 0 Å². The predicted octanol–water partition coefficient (Wildman–Crippen LogP) is 2.20. The highest BCUT2D eigenvalue weighted by atomic mass is 19.1. The van der Waals surface area contributed by atoms with Gasteiger partial charge in [0, 0.05) is 25.2 Å². The Hall–Kier alpha value is -1.62. The van der Waals surface area contributed by atoms with Gasteiger partial charge in [-0.1, -0.05) is 0 Å². The molecule has 1 N–H and O–H groups in total.